The number of hydrogen-bond acceptors (Lipinski definition) is 4. The summed E-state index contributed by atoms with van der Waals surface area (Å²) in [5.41, 5.74) is 1.06. The van der Waals surface area contributed by atoms with Crippen molar-refractivity contribution in [3.63, 3.8) is 0 Å². The van der Waals surface area contributed by atoms with Gasteiger partial charge in [0.1, 0.15) is 10.7 Å². The second kappa shape index (κ2) is 3.88. The van der Waals surface area contributed by atoms with Crippen molar-refractivity contribution in [3.05, 3.63) is 23.7 Å². The summed E-state index contributed by atoms with van der Waals surface area (Å²) in [4.78, 5) is 0.203. The van der Waals surface area contributed by atoms with Gasteiger partial charge in [0.25, 0.3) is 10.0 Å². The molecule has 2 aromatic rings. The molecule has 0 unspecified atom stereocenters. The monoisotopic (exact) mass is 255 g/mol. The number of aromatic nitrogens is 4. The topological polar surface area (TPSA) is 92.7 Å². The van der Waals surface area contributed by atoms with Gasteiger partial charge < -0.3 is 0 Å². The molecule has 2 rings (SSSR count). The van der Waals surface area contributed by atoms with E-state index < -0.39 is 10.0 Å². The first kappa shape index (κ1) is 11.6. The lowest BCUT2D eigenvalue weighted by atomic mass is 10.4. The molecule has 0 aromatic carbocycles. The van der Waals surface area contributed by atoms with Crippen LogP contribution in [0.1, 0.15) is 11.4 Å². The molecule has 2 aromatic heterocycles. The van der Waals surface area contributed by atoms with Crippen molar-refractivity contribution in [2.75, 3.05) is 4.72 Å². The molecule has 0 amide bonds. The lowest BCUT2D eigenvalue weighted by molar-refractivity contribution is 0.599. The second-order valence-electron chi connectivity index (χ2n) is 3.70. The highest BCUT2D eigenvalue weighted by atomic mass is 32.2. The van der Waals surface area contributed by atoms with E-state index in [4.69, 9.17) is 0 Å². The largest absolute Gasteiger partial charge is 0.271 e. The van der Waals surface area contributed by atoms with Gasteiger partial charge in [-0.25, -0.2) is 8.42 Å². The van der Waals surface area contributed by atoms with Crippen molar-refractivity contribution >= 4 is 15.8 Å². The molecule has 0 radical (unpaired) electrons. The number of sulfonamides is 1. The number of hydrogen-bond donors (Lipinski definition) is 2. The van der Waals surface area contributed by atoms with Crippen molar-refractivity contribution in [2.24, 2.45) is 7.05 Å². The van der Waals surface area contributed by atoms with Gasteiger partial charge in [0.2, 0.25) is 0 Å². The second-order valence-corrected chi connectivity index (χ2v) is 5.32. The van der Waals surface area contributed by atoms with Crippen LogP contribution < -0.4 is 4.72 Å². The van der Waals surface area contributed by atoms with Gasteiger partial charge in [0.15, 0.2) is 0 Å². The molecule has 0 aliphatic carbocycles. The van der Waals surface area contributed by atoms with E-state index in [0.717, 1.165) is 0 Å². The summed E-state index contributed by atoms with van der Waals surface area (Å²) < 4.78 is 28.2. The minimum absolute atomic E-state index is 0.203. The fraction of sp³-hybridized carbons (Fsp3) is 0.333. The van der Waals surface area contributed by atoms with Crippen molar-refractivity contribution in [1.29, 1.82) is 0 Å². The Morgan fingerprint density at radius 1 is 1.41 bits per heavy atom. The number of anilines is 1. The van der Waals surface area contributed by atoms with Crippen LogP contribution in [0.5, 0.6) is 0 Å². The third-order valence-corrected chi connectivity index (χ3v) is 4.07. The predicted octanol–water partition coefficient (Wildman–Crippen LogP) is 0.561. The van der Waals surface area contributed by atoms with Crippen LogP contribution in [-0.4, -0.2) is 28.4 Å². The molecular formula is C9H13N5O2S. The normalized spacial score (nSPS) is 11.7. The van der Waals surface area contributed by atoms with E-state index in [9.17, 15) is 8.42 Å². The Kier molecular flexibility index (Phi) is 2.66. The van der Waals surface area contributed by atoms with Crippen molar-refractivity contribution in [2.45, 2.75) is 18.7 Å². The number of aryl methyl sites for hydroxylation is 2. The number of nitrogens with one attached hydrogen (secondary N) is 2. The summed E-state index contributed by atoms with van der Waals surface area (Å²) in [7, 11) is -1.92. The summed E-state index contributed by atoms with van der Waals surface area (Å²) in [5, 5.41) is 10.3. The van der Waals surface area contributed by atoms with Crippen molar-refractivity contribution in [3.8, 4) is 0 Å². The Labute approximate surface area is 98.9 Å². The molecule has 7 nitrogen and oxygen atoms in total. The van der Waals surface area contributed by atoms with Crippen LogP contribution in [-0.2, 0) is 17.1 Å². The molecule has 0 fully saturated rings. The van der Waals surface area contributed by atoms with Gasteiger partial charge in [-0.2, -0.15) is 10.2 Å². The molecule has 2 heterocycles. The van der Waals surface area contributed by atoms with E-state index >= 15 is 0 Å². The summed E-state index contributed by atoms with van der Waals surface area (Å²) >= 11 is 0. The smallest absolute Gasteiger partial charge is 0.266 e. The number of rotatable bonds is 3. The van der Waals surface area contributed by atoms with Crippen molar-refractivity contribution in [1.82, 2.24) is 20.0 Å². The molecule has 92 valence electrons. The zero-order valence-electron chi connectivity index (χ0n) is 9.72. The Bertz CT molecular complexity index is 627. The minimum atomic E-state index is -3.63. The maximum Gasteiger partial charge on any atom is 0.266 e. The Hall–Kier alpha value is -1.83. The van der Waals surface area contributed by atoms with E-state index in [0.29, 0.717) is 17.2 Å². The van der Waals surface area contributed by atoms with Gasteiger partial charge in [0, 0.05) is 13.1 Å². The molecule has 2 N–H and O–H groups in total. The molecule has 0 atom stereocenters. The van der Waals surface area contributed by atoms with E-state index in [1.165, 1.54) is 10.9 Å². The first-order valence-corrected chi connectivity index (χ1v) is 6.42. The standard InChI is InChI=1S/C9H13N5O2S/c1-6-9(7(2)14(3)12-6)17(15,16)13-8-4-5-10-11-8/h4-5H,1-3H3,(H2,10,11,13). The highest BCUT2D eigenvalue weighted by Crippen LogP contribution is 2.20. The maximum absolute atomic E-state index is 12.1. The lowest BCUT2D eigenvalue weighted by Crippen LogP contribution is -2.15. The molecular weight excluding hydrogens is 242 g/mol. The van der Waals surface area contributed by atoms with Gasteiger partial charge in [-0.1, -0.05) is 0 Å². The molecule has 0 aliphatic rings. The van der Waals surface area contributed by atoms with Crippen LogP contribution in [0.15, 0.2) is 17.2 Å². The maximum atomic E-state index is 12.1. The third kappa shape index (κ3) is 2.03. The van der Waals surface area contributed by atoms with E-state index in [1.807, 2.05) is 0 Å². The van der Waals surface area contributed by atoms with Gasteiger partial charge in [-0.3, -0.25) is 14.5 Å². The Morgan fingerprint density at radius 2 is 2.12 bits per heavy atom. The van der Waals surface area contributed by atoms with Gasteiger partial charge >= 0.3 is 0 Å². The summed E-state index contributed by atoms with van der Waals surface area (Å²) in [6, 6.07) is 1.54. The number of aromatic amines is 1. The Balaban J connectivity index is 2.45. The van der Waals surface area contributed by atoms with Gasteiger partial charge in [0.05, 0.1) is 17.6 Å². The summed E-state index contributed by atoms with van der Waals surface area (Å²) in [6.45, 7) is 3.37. The SMILES string of the molecule is Cc1nn(C)c(C)c1S(=O)(=O)Nc1ccn[nH]1. The first-order chi connectivity index (χ1) is 7.92. The van der Waals surface area contributed by atoms with E-state index in [2.05, 4.69) is 20.0 Å². The quantitative estimate of drug-likeness (QED) is 0.838. The zero-order valence-corrected chi connectivity index (χ0v) is 10.5. The number of nitrogens with zero attached hydrogens (tertiary/aromatic N) is 3. The van der Waals surface area contributed by atoms with Crippen LogP contribution in [0.2, 0.25) is 0 Å². The van der Waals surface area contributed by atoms with E-state index in [-0.39, 0.29) is 4.90 Å². The van der Waals surface area contributed by atoms with E-state index in [1.54, 1.807) is 27.0 Å². The van der Waals surface area contributed by atoms with Crippen LogP contribution in [0.3, 0.4) is 0 Å². The predicted molar refractivity (Wildman–Crippen MR) is 62.1 cm³/mol. The summed E-state index contributed by atoms with van der Waals surface area (Å²) in [5.74, 6) is 0.327. The average Bonchev–Trinajstić information content (AvgIpc) is 2.76. The summed E-state index contributed by atoms with van der Waals surface area (Å²) in [6.07, 6.45) is 1.47. The molecule has 0 spiro atoms. The van der Waals surface area contributed by atoms with Crippen LogP contribution >= 0.6 is 0 Å². The molecule has 0 aliphatic heterocycles. The van der Waals surface area contributed by atoms with Gasteiger partial charge in [-0.05, 0) is 13.8 Å². The average molecular weight is 255 g/mol. The highest BCUT2D eigenvalue weighted by molar-refractivity contribution is 7.92. The first-order valence-electron chi connectivity index (χ1n) is 4.94. The molecule has 0 saturated heterocycles. The Morgan fingerprint density at radius 3 is 2.59 bits per heavy atom. The third-order valence-electron chi connectivity index (χ3n) is 2.46. The molecule has 0 saturated carbocycles. The molecule has 17 heavy (non-hydrogen) atoms. The fourth-order valence-electron chi connectivity index (χ4n) is 1.65. The molecule has 8 heteroatoms. The van der Waals surface area contributed by atoms with Gasteiger partial charge in [-0.15, -0.1) is 0 Å². The van der Waals surface area contributed by atoms with Crippen molar-refractivity contribution < 1.29 is 8.42 Å². The zero-order chi connectivity index (χ0) is 12.6. The van der Waals surface area contributed by atoms with Crippen LogP contribution in [0, 0.1) is 13.8 Å². The fourth-order valence-corrected chi connectivity index (χ4v) is 3.11. The number of H-pyrrole nitrogens is 1. The highest BCUT2D eigenvalue weighted by Gasteiger charge is 2.24. The molecule has 0 bridgehead atoms. The van der Waals surface area contributed by atoms with Crippen LogP contribution in [0.4, 0.5) is 5.82 Å². The minimum Gasteiger partial charge on any atom is -0.271 e. The van der Waals surface area contributed by atoms with Crippen LogP contribution in [0.25, 0.3) is 0 Å². The lowest BCUT2D eigenvalue weighted by Gasteiger charge is -2.05.